The monoisotopic (exact) mass is 178 g/mol. The van der Waals surface area contributed by atoms with Gasteiger partial charge in [-0.15, -0.1) is 10.2 Å². The summed E-state index contributed by atoms with van der Waals surface area (Å²) in [6.45, 7) is 2.85. The number of aryl methyl sites for hydroxylation is 1. The molecule has 0 aliphatic carbocycles. The van der Waals surface area contributed by atoms with Gasteiger partial charge in [0, 0.05) is 0 Å². The molecule has 0 aliphatic heterocycles. The van der Waals surface area contributed by atoms with Gasteiger partial charge in [0.1, 0.15) is 0 Å². The van der Waals surface area contributed by atoms with Crippen LogP contribution >= 0.6 is 0 Å². The first-order valence-electron chi connectivity index (χ1n) is 4.22. The van der Waals surface area contributed by atoms with Crippen LogP contribution in [0.4, 0.5) is 0 Å². The molecule has 0 saturated heterocycles. The van der Waals surface area contributed by atoms with Gasteiger partial charge in [0.05, 0.1) is 12.8 Å². The van der Waals surface area contributed by atoms with Crippen LogP contribution in [0, 0.1) is 0 Å². The van der Waals surface area contributed by atoms with E-state index in [0.717, 1.165) is 13.0 Å². The van der Waals surface area contributed by atoms with Gasteiger partial charge < -0.3 is 4.42 Å². The van der Waals surface area contributed by atoms with Crippen LogP contribution in [0.3, 0.4) is 0 Å². The molecule has 5 heteroatoms. The number of hydrogen-bond acceptors (Lipinski definition) is 4. The van der Waals surface area contributed by atoms with Gasteiger partial charge in [-0.3, -0.25) is 0 Å². The fraction of sp³-hybridized carbons (Fsp3) is 0.375. The highest BCUT2D eigenvalue weighted by atomic mass is 16.3. The largest absolute Gasteiger partial charge is 0.461 e. The van der Waals surface area contributed by atoms with E-state index in [-0.39, 0.29) is 0 Å². The maximum atomic E-state index is 5.13. The summed E-state index contributed by atoms with van der Waals surface area (Å²) in [5.41, 5.74) is 0. The maximum Gasteiger partial charge on any atom is 0.240 e. The van der Waals surface area contributed by atoms with Crippen LogP contribution < -0.4 is 0 Å². The molecule has 2 rings (SSSR count). The van der Waals surface area contributed by atoms with Gasteiger partial charge in [-0.05, 0) is 23.8 Å². The third-order valence-corrected chi connectivity index (χ3v) is 1.62. The van der Waals surface area contributed by atoms with Crippen molar-refractivity contribution in [2.45, 2.75) is 19.9 Å². The van der Waals surface area contributed by atoms with E-state index in [9.17, 15) is 0 Å². The minimum atomic E-state index is 0.540. The summed E-state index contributed by atoms with van der Waals surface area (Å²) in [7, 11) is 0. The van der Waals surface area contributed by atoms with E-state index >= 15 is 0 Å². The molecule has 0 fully saturated rings. The summed E-state index contributed by atoms with van der Waals surface area (Å²) in [6.07, 6.45) is 2.59. The molecule has 68 valence electrons. The molecule has 0 amide bonds. The summed E-state index contributed by atoms with van der Waals surface area (Å²) in [6, 6.07) is 3.61. The molecule has 0 aromatic carbocycles. The lowest BCUT2D eigenvalue weighted by molar-refractivity contribution is 0.513. The van der Waals surface area contributed by atoms with Crippen molar-refractivity contribution in [3.05, 3.63) is 18.4 Å². The van der Waals surface area contributed by atoms with Crippen molar-refractivity contribution in [2.24, 2.45) is 0 Å². The molecule has 5 nitrogen and oxygen atoms in total. The van der Waals surface area contributed by atoms with Crippen molar-refractivity contribution in [1.82, 2.24) is 20.2 Å². The molecule has 13 heavy (non-hydrogen) atoms. The van der Waals surface area contributed by atoms with Crippen LogP contribution in [-0.2, 0) is 6.54 Å². The van der Waals surface area contributed by atoms with Crippen LogP contribution in [-0.4, -0.2) is 20.2 Å². The first kappa shape index (κ1) is 7.97. The summed E-state index contributed by atoms with van der Waals surface area (Å²) < 4.78 is 5.13. The molecule has 2 heterocycles. The second-order valence-corrected chi connectivity index (χ2v) is 2.69. The van der Waals surface area contributed by atoms with Gasteiger partial charge in [0.25, 0.3) is 0 Å². The molecular formula is C8H10N4O. The molecule has 0 bridgehead atoms. The Balaban J connectivity index is 2.23. The van der Waals surface area contributed by atoms with Gasteiger partial charge in [-0.25, -0.2) is 0 Å². The number of nitrogens with zero attached hydrogens (tertiary/aromatic N) is 4. The van der Waals surface area contributed by atoms with E-state index in [1.165, 1.54) is 0 Å². The Kier molecular flexibility index (Phi) is 2.08. The van der Waals surface area contributed by atoms with Crippen molar-refractivity contribution < 1.29 is 4.42 Å². The summed E-state index contributed by atoms with van der Waals surface area (Å²) in [5.74, 6) is 1.20. The second kappa shape index (κ2) is 3.38. The average Bonchev–Trinajstić information content (AvgIpc) is 2.70. The fourth-order valence-electron chi connectivity index (χ4n) is 1.04. The lowest BCUT2D eigenvalue weighted by Gasteiger charge is -1.90. The van der Waals surface area contributed by atoms with Crippen molar-refractivity contribution in [3.8, 4) is 11.6 Å². The lowest BCUT2D eigenvalue weighted by atomic mass is 10.4. The second-order valence-electron chi connectivity index (χ2n) is 2.69. The molecule has 0 aliphatic rings. The van der Waals surface area contributed by atoms with E-state index in [0.29, 0.717) is 11.6 Å². The number of furan rings is 1. The third-order valence-electron chi connectivity index (χ3n) is 1.62. The van der Waals surface area contributed by atoms with Gasteiger partial charge in [0.2, 0.25) is 5.82 Å². The molecular weight excluding hydrogens is 168 g/mol. The first-order valence-corrected chi connectivity index (χ1v) is 4.22. The third kappa shape index (κ3) is 1.58. The molecule has 0 atom stereocenters. The van der Waals surface area contributed by atoms with Crippen molar-refractivity contribution in [1.29, 1.82) is 0 Å². The predicted molar refractivity (Wildman–Crippen MR) is 45.8 cm³/mol. The molecule has 2 aromatic heterocycles. The standard InChI is InChI=1S/C8H10N4O/c1-2-5-12-10-8(9-11-12)7-4-3-6-13-7/h3-4,6H,2,5H2,1H3. The minimum absolute atomic E-state index is 0.540. The zero-order chi connectivity index (χ0) is 9.10. The van der Waals surface area contributed by atoms with Crippen LogP contribution in [0.15, 0.2) is 22.8 Å². The number of tetrazole rings is 1. The average molecular weight is 178 g/mol. The van der Waals surface area contributed by atoms with Crippen LogP contribution in [0.5, 0.6) is 0 Å². The van der Waals surface area contributed by atoms with Gasteiger partial charge >= 0.3 is 0 Å². The molecule has 0 N–H and O–H groups in total. The van der Waals surface area contributed by atoms with Crippen molar-refractivity contribution >= 4 is 0 Å². The Morgan fingerprint density at radius 3 is 3.15 bits per heavy atom. The van der Waals surface area contributed by atoms with Crippen molar-refractivity contribution in [2.75, 3.05) is 0 Å². The van der Waals surface area contributed by atoms with Crippen LogP contribution in [0.25, 0.3) is 11.6 Å². The van der Waals surface area contributed by atoms with Crippen LogP contribution in [0.2, 0.25) is 0 Å². The summed E-state index contributed by atoms with van der Waals surface area (Å²) in [5, 5.41) is 11.9. The van der Waals surface area contributed by atoms with E-state index < -0.39 is 0 Å². The SMILES string of the molecule is CCCn1nnc(-c2ccco2)n1. The Hall–Kier alpha value is -1.65. The Bertz CT molecular complexity index is 365. The molecule has 0 spiro atoms. The first-order chi connectivity index (χ1) is 6.40. The van der Waals surface area contributed by atoms with E-state index in [1.807, 2.05) is 6.07 Å². The maximum absolute atomic E-state index is 5.13. The van der Waals surface area contributed by atoms with E-state index in [1.54, 1.807) is 17.1 Å². The predicted octanol–water partition coefficient (Wildman–Crippen LogP) is 1.34. The number of aromatic nitrogens is 4. The van der Waals surface area contributed by atoms with Crippen LogP contribution in [0.1, 0.15) is 13.3 Å². The number of hydrogen-bond donors (Lipinski definition) is 0. The zero-order valence-electron chi connectivity index (χ0n) is 7.34. The highest BCUT2D eigenvalue weighted by molar-refractivity contribution is 5.43. The van der Waals surface area contributed by atoms with Gasteiger partial charge in [0.15, 0.2) is 5.76 Å². The van der Waals surface area contributed by atoms with E-state index in [4.69, 9.17) is 4.42 Å². The molecule has 0 saturated carbocycles. The molecule has 0 radical (unpaired) electrons. The smallest absolute Gasteiger partial charge is 0.240 e. The Morgan fingerprint density at radius 2 is 2.46 bits per heavy atom. The summed E-state index contributed by atoms with van der Waals surface area (Å²) in [4.78, 5) is 1.57. The fourth-order valence-corrected chi connectivity index (χ4v) is 1.04. The summed E-state index contributed by atoms with van der Waals surface area (Å²) >= 11 is 0. The topological polar surface area (TPSA) is 56.7 Å². The van der Waals surface area contributed by atoms with E-state index in [2.05, 4.69) is 22.3 Å². The Labute approximate surface area is 75.4 Å². The minimum Gasteiger partial charge on any atom is -0.461 e. The quantitative estimate of drug-likeness (QED) is 0.711. The normalized spacial score (nSPS) is 10.5. The number of rotatable bonds is 3. The Morgan fingerprint density at radius 1 is 1.54 bits per heavy atom. The highest BCUT2D eigenvalue weighted by Gasteiger charge is 2.06. The van der Waals surface area contributed by atoms with Crippen molar-refractivity contribution in [3.63, 3.8) is 0 Å². The molecule has 2 aromatic rings. The molecule has 0 unspecified atom stereocenters. The lowest BCUT2D eigenvalue weighted by Crippen LogP contribution is -2.00. The van der Waals surface area contributed by atoms with Gasteiger partial charge in [-0.1, -0.05) is 6.92 Å². The highest BCUT2D eigenvalue weighted by Crippen LogP contribution is 2.12. The zero-order valence-corrected chi connectivity index (χ0v) is 7.34. The van der Waals surface area contributed by atoms with Gasteiger partial charge in [-0.2, -0.15) is 4.80 Å².